The summed E-state index contributed by atoms with van der Waals surface area (Å²) in [7, 11) is 5.44. The molecule has 28 heavy (non-hydrogen) atoms. The second-order valence-electron chi connectivity index (χ2n) is 6.65. The first-order chi connectivity index (χ1) is 13.5. The van der Waals surface area contributed by atoms with Crippen LogP contribution >= 0.6 is 0 Å². The minimum Gasteiger partial charge on any atom is -0.496 e. The van der Waals surface area contributed by atoms with Crippen molar-refractivity contribution in [1.29, 1.82) is 0 Å². The summed E-state index contributed by atoms with van der Waals surface area (Å²) in [5.41, 5.74) is 1.59. The van der Waals surface area contributed by atoms with Gasteiger partial charge in [0.2, 0.25) is 0 Å². The summed E-state index contributed by atoms with van der Waals surface area (Å²) in [5, 5.41) is 2.84. The molecule has 3 rings (SSSR count). The molecule has 7 nitrogen and oxygen atoms in total. The van der Waals surface area contributed by atoms with Crippen molar-refractivity contribution in [2.24, 2.45) is 4.99 Å². The Balaban J connectivity index is 1.76. The molecule has 1 aliphatic heterocycles. The molecule has 0 bridgehead atoms. The van der Waals surface area contributed by atoms with Crippen LogP contribution in [0.4, 0.5) is 0 Å². The summed E-state index contributed by atoms with van der Waals surface area (Å²) in [5.74, 6) is 0.0743. The predicted molar refractivity (Wildman–Crippen MR) is 107 cm³/mol. The van der Waals surface area contributed by atoms with Gasteiger partial charge in [0.05, 0.1) is 12.8 Å². The minimum atomic E-state index is -0.503. The highest BCUT2D eigenvalue weighted by Gasteiger charge is 2.29. The van der Waals surface area contributed by atoms with E-state index >= 15 is 0 Å². The van der Waals surface area contributed by atoms with Gasteiger partial charge in [0.1, 0.15) is 5.75 Å². The van der Waals surface area contributed by atoms with E-state index in [1.165, 1.54) is 0 Å². The van der Waals surface area contributed by atoms with Gasteiger partial charge in [0.15, 0.2) is 11.9 Å². The van der Waals surface area contributed by atoms with E-state index in [0.717, 1.165) is 12.1 Å². The normalized spacial score (nSPS) is 19.6. The fourth-order valence-corrected chi connectivity index (χ4v) is 2.79. The zero-order chi connectivity index (χ0) is 20.1. The number of likely N-dealkylation sites (N-methyl/N-ethyl adjacent to an activating group) is 1. The standard InChI is InChI=1S/C21H23N3O4/c1-24(2)11-10-22-20(25)15-8-9-18-16(12-15)23-21(26)19(28-18)13-14-6-4-5-7-17(14)27-3/h4-9,12-13,18H,10-11H2,1-3H3,(H,22,25)/b19-13-. The van der Waals surface area contributed by atoms with Crippen LogP contribution in [0.5, 0.6) is 5.75 Å². The molecular formula is C21H23N3O4. The lowest BCUT2D eigenvalue weighted by molar-refractivity contribution is -0.119. The molecule has 1 aromatic rings. The zero-order valence-electron chi connectivity index (χ0n) is 16.1. The number of para-hydroxylation sites is 1. The van der Waals surface area contributed by atoms with Gasteiger partial charge in [-0.3, -0.25) is 9.59 Å². The molecule has 7 heteroatoms. The second-order valence-corrected chi connectivity index (χ2v) is 6.65. The van der Waals surface area contributed by atoms with Crippen molar-refractivity contribution in [3.63, 3.8) is 0 Å². The molecular weight excluding hydrogens is 358 g/mol. The van der Waals surface area contributed by atoms with Crippen molar-refractivity contribution in [2.45, 2.75) is 6.10 Å². The Morgan fingerprint density at radius 1 is 1.36 bits per heavy atom. The number of hydrogen-bond donors (Lipinski definition) is 1. The molecule has 1 N–H and O–H groups in total. The summed E-state index contributed by atoms with van der Waals surface area (Å²) < 4.78 is 11.1. The number of carbonyl (C=O) groups excluding carboxylic acids is 2. The second kappa shape index (κ2) is 8.67. The van der Waals surface area contributed by atoms with Gasteiger partial charge in [0, 0.05) is 24.2 Å². The van der Waals surface area contributed by atoms with Crippen molar-refractivity contribution >= 4 is 23.6 Å². The summed E-state index contributed by atoms with van der Waals surface area (Å²) in [4.78, 5) is 30.7. The Morgan fingerprint density at radius 3 is 2.89 bits per heavy atom. The van der Waals surface area contributed by atoms with E-state index in [2.05, 4.69) is 10.3 Å². The maximum absolute atomic E-state index is 12.4. The van der Waals surface area contributed by atoms with Gasteiger partial charge in [-0.2, -0.15) is 0 Å². The molecule has 146 valence electrons. The lowest BCUT2D eigenvalue weighted by atomic mass is 10.0. The van der Waals surface area contributed by atoms with Crippen LogP contribution < -0.4 is 10.1 Å². The summed E-state index contributed by atoms with van der Waals surface area (Å²) in [6.45, 7) is 1.28. The number of nitrogens with one attached hydrogen (secondary N) is 1. The molecule has 0 saturated carbocycles. The van der Waals surface area contributed by atoms with Crippen molar-refractivity contribution in [3.05, 3.63) is 59.4 Å². The van der Waals surface area contributed by atoms with Crippen molar-refractivity contribution < 1.29 is 19.1 Å². The monoisotopic (exact) mass is 381 g/mol. The average Bonchev–Trinajstić information content (AvgIpc) is 2.68. The topological polar surface area (TPSA) is 80.2 Å². The largest absolute Gasteiger partial charge is 0.496 e. The molecule has 1 unspecified atom stereocenters. The highest BCUT2D eigenvalue weighted by molar-refractivity contribution is 6.16. The Hall–Kier alpha value is -3.19. The number of rotatable bonds is 6. The number of hydrogen-bond acceptors (Lipinski definition) is 5. The maximum Gasteiger partial charge on any atom is 0.312 e. The smallest absolute Gasteiger partial charge is 0.312 e. The fraction of sp³-hybridized carbons (Fsp3) is 0.286. The third kappa shape index (κ3) is 4.55. The van der Waals surface area contributed by atoms with Crippen LogP contribution in [0.2, 0.25) is 0 Å². The van der Waals surface area contributed by atoms with Gasteiger partial charge in [-0.15, -0.1) is 0 Å². The molecule has 1 aliphatic carbocycles. The molecule has 0 aromatic heterocycles. The molecule has 2 aliphatic rings. The van der Waals surface area contributed by atoms with Crippen LogP contribution in [0.1, 0.15) is 5.56 Å². The quantitative estimate of drug-likeness (QED) is 0.757. The number of carbonyl (C=O) groups is 2. The Kier molecular flexibility index (Phi) is 6.06. The van der Waals surface area contributed by atoms with Gasteiger partial charge in [-0.05, 0) is 44.5 Å². The van der Waals surface area contributed by atoms with Gasteiger partial charge >= 0.3 is 5.91 Å². The first-order valence-electron chi connectivity index (χ1n) is 8.95. The van der Waals surface area contributed by atoms with Crippen molar-refractivity contribution in [3.8, 4) is 5.75 Å². The Bertz CT molecular complexity index is 897. The summed E-state index contributed by atoms with van der Waals surface area (Å²) >= 11 is 0. The third-order valence-electron chi connectivity index (χ3n) is 4.27. The maximum atomic E-state index is 12.4. The average molecular weight is 381 g/mol. The fourth-order valence-electron chi connectivity index (χ4n) is 2.79. The SMILES string of the molecule is COc1ccccc1/C=C1\OC2C=CC(C(=O)NCCN(C)C)=CC2=NC1=O. The van der Waals surface area contributed by atoms with Crippen LogP contribution in [0.3, 0.4) is 0 Å². The Labute approximate surface area is 164 Å². The molecule has 0 saturated heterocycles. The van der Waals surface area contributed by atoms with Crippen molar-refractivity contribution in [2.75, 3.05) is 34.3 Å². The molecule has 1 heterocycles. The third-order valence-corrected chi connectivity index (χ3v) is 4.27. The van der Waals surface area contributed by atoms with Gasteiger partial charge < -0.3 is 19.7 Å². The molecule has 0 radical (unpaired) electrons. The molecule has 2 amide bonds. The molecule has 0 fully saturated rings. The minimum absolute atomic E-state index is 0.134. The number of nitrogens with zero attached hydrogens (tertiary/aromatic N) is 2. The van der Waals surface area contributed by atoms with E-state index < -0.39 is 12.0 Å². The van der Waals surface area contributed by atoms with E-state index in [1.54, 1.807) is 37.5 Å². The van der Waals surface area contributed by atoms with Gasteiger partial charge in [-0.25, -0.2) is 4.99 Å². The molecule has 1 atom stereocenters. The summed E-state index contributed by atoms with van der Waals surface area (Å²) in [6, 6.07) is 7.33. The first kappa shape index (κ1) is 19.6. The zero-order valence-corrected chi connectivity index (χ0v) is 16.1. The van der Waals surface area contributed by atoms with Crippen LogP contribution in [-0.4, -0.2) is 62.8 Å². The molecule has 1 aromatic carbocycles. The van der Waals surface area contributed by atoms with Crippen LogP contribution in [0, 0.1) is 0 Å². The van der Waals surface area contributed by atoms with E-state index in [1.807, 2.05) is 37.2 Å². The van der Waals surface area contributed by atoms with E-state index in [9.17, 15) is 9.59 Å². The highest BCUT2D eigenvalue weighted by Crippen LogP contribution is 2.25. The van der Waals surface area contributed by atoms with Gasteiger partial charge in [0.25, 0.3) is 5.91 Å². The number of aliphatic imine (C=N–C) groups is 1. The highest BCUT2D eigenvalue weighted by atomic mass is 16.5. The predicted octanol–water partition coefficient (Wildman–Crippen LogP) is 1.58. The number of ether oxygens (including phenoxy) is 2. The van der Waals surface area contributed by atoms with E-state index in [-0.39, 0.29) is 11.7 Å². The number of benzene rings is 1. The van der Waals surface area contributed by atoms with Crippen LogP contribution in [0.25, 0.3) is 6.08 Å². The van der Waals surface area contributed by atoms with E-state index in [0.29, 0.717) is 23.6 Å². The number of fused-ring (bicyclic) bond motifs is 1. The lowest BCUT2D eigenvalue weighted by Crippen LogP contribution is -2.35. The van der Waals surface area contributed by atoms with Crippen LogP contribution in [0.15, 0.2) is 58.8 Å². The lowest BCUT2D eigenvalue weighted by Gasteiger charge is -2.24. The first-order valence-corrected chi connectivity index (χ1v) is 8.95. The number of methoxy groups -OCH3 is 1. The number of amides is 2. The Morgan fingerprint density at radius 2 is 2.14 bits per heavy atom. The summed E-state index contributed by atoms with van der Waals surface area (Å²) in [6.07, 6.45) is 6.11. The van der Waals surface area contributed by atoms with Crippen molar-refractivity contribution in [1.82, 2.24) is 10.2 Å². The molecule has 0 spiro atoms. The van der Waals surface area contributed by atoms with Gasteiger partial charge in [-0.1, -0.05) is 18.2 Å². The van der Waals surface area contributed by atoms with Crippen LogP contribution in [-0.2, 0) is 14.3 Å². The van der Waals surface area contributed by atoms with E-state index in [4.69, 9.17) is 9.47 Å².